The van der Waals surface area contributed by atoms with Gasteiger partial charge in [0.25, 0.3) is 5.91 Å². The molecule has 0 spiro atoms. The normalized spacial score (nSPS) is 17.2. The van der Waals surface area contributed by atoms with Crippen LogP contribution in [0.5, 0.6) is 0 Å². The first-order valence-electron chi connectivity index (χ1n) is 18.0. The Morgan fingerprint density at radius 3 is 1.56 bits per heavy atom. The summed E-state index contributed by atoms with van der Waals surface area (Å²) < 4.78 is 0. The average molecular weight is 743 g/mol. The molecule has 55 heavy (non-hydrogen) atoms. The van der Waals surface area contributed by atoms with Crippen LogP contribution in [0.1, 0.15) is 121 Å². The van der Waals surface area contributed by atoms with Gasteiger partial charge in [-0.25, -0.2) is 14.8 Å². The standard InChI is InChI=1S/C21H22N4O2.C17H19NO3.C4H5N3/c1-20(2)11-21(3,4)18(26)17-16(20)13-9-12(5-6-14(13)24-17)19(27)25-15-10-22-7-8-23-15;1-16(2)8-17(3,4)14(19)13-12(16)10-7-9(15(20)21)5-6-11(10)18-13;5-4-3-6-1-2-7-4/h5-10,24H,11H2,1-4H3,(H,23,25,27);5-7,18H,8H2,1-4H3,(H,20,21);1-3H,(H2,5,7). The molecule has 284 valence electrons. The van der Waals surface area contributed by atoms with E-state index in [1.165, 1.54) is 18.6 Å². The predicted molar refractivity (Wildman–Crippen MR) is 211 cm³/mol. The summed E-state index contributed by atoms with van der Waals surface area (Å²) in [5, 5.41) is 13.7. The Balaban J connectivity index is 0.000000162. The van der Waals surface area contributed by atoms with Crippen LogP contribution in [0.2, 0.25) is 0 Å². The highest BCUT2D eigenvalue weighted by Gasteiger charge is 2.46. The average Bonchev–Trinajstić information content (AvgIpc) is 3.70. The third-order valence-corrected chi connectivity index (χ3v) is 10.3. The molecule has 0 bridgehead atoms. The molecule has 4 aromatic heterocycles. The smallest absolute Gasteiger partial charge is 0.335 e. The summed E-state index contributed by atoms with van der Waals surface area (Å²) in [6.45, 7) is 16.4. The van der Waals surface area contributed by atoms with Crippen molar-refractivity contribution in [2.75, 3.05) is 11.1 Å². The third-order valence-electron chi connectivity index (χ3n) is 10.3. The molecular formula is C42H46N8O5. The van der Waals surface area contributed by atoms with E-state index in [-0.39, 0.29) is 33.9 Å². The Labute approximate surface area is 318 Å². The van der Waals surface area contributed by atoms with Crippen LogP contribution in [0.15, 0.2) is 73.6 Å². The lowest BCUT2D eigenvalue weighted by Gasteiger charge is -2.39. The van der Waals surface area contributed by atoms with Gasteiger partial charge in [0.1, 0.15) is 5.82 Å². The minimum Gasteiger partial charge on any atom is -0.478 e. The van der Waals surface area contributed by atoms with Crippen LogP contribution in [0.25, 0.3) is 21.8 Å². The number of carbonyl (C=O) groups is 4. The Kier molecular flexibility index (Phi) is 9.71. The van der Waals surface area contributed by atoms with Gasteiger partial charge in [-0.1, -0.05) is 55.4 Å². The van der Waals surface area contributed by atoms with E-state index < -0.39 is 16.8 Å². The molecule has 2 aromatic carbocycles. The molecule has 0 saturated carbocycles. The molecule has 2 aliphatic rings. The molecule has 13 heteroatoms. The molecule has 6 aromatic rings. The molecule has 8 rings (SSSR count). The Morgan fingerprint density at radius 1 is 0.673 bits per heavy atom. The minimum atomic E-state index is -0.952. The second kappa shape index (κ2) is 13.9. The summed E-state index contributed by atoms with van der Waals surface area (Å²) in [5.74, 6) is -0.123. The molecule has 0 aliphatic heterocycles. The minimum absolute atomic E-state index is 0.102. The number of aromatic amines is 2. The maximum Gasteiger partial charge on any atom is 0.335 e. The number of nitrogen functional groups attached to an aromatic ring is 1. The Morgan fingerprint density at radius 2 is 1.15 bits per heavy atom. The molecule has 0 atom stereocenters. The number of hydrogen-bond acceptors (Lipinski definition) is 9. The number of H-pyrrole nitrogens is 2. The Bertz CT molecular complexity index is 2460. The topological polar surface area (TPSA) is 210 Å². The summed E-state index contributed by atoms with van der Waals surface area (Å²) in [6, 6.07) is 10.4. The van der Waals surface area contributed by atoms with E-state index in [9.17, 15) is 24.3 Å². The van der Waals surface area contributed by atoms with Crippen LogP contribution in [0.3, 0.4) is 0 Å². The second-order valence-electron chi connectivity index (χ2n) is 16.8. The number of rotatable bonds is 3. The number of nitrogens with one attached hydrogen (secondary N) is 3. The SMILES string of the molecule is CC1(C)CC(C)(C)c2c([nH]c3ccc(C(=O)Nc4cnccn4)cc23)C1=O.CC1(C)CC(C)(C)c2c([nH]c3ccc(C(=O)O)cc23)C1=O.Nc1cnccn1. The first-order valence-corrected chi connectivity index (χ1v) is 18.0. The van der Waals surface area contributed by atoms with Crippen LogP contribution in [0, 0.1) is 10.8 Å². The number of aromatic nitrogens is 6. The van der Waals surface area contributed by atoms with Gasteiger partial charge >= 0.3 is 5.97 Å². The van der Waals surface area contributed by atoms with E-state index in [1.807, 2.05) is 39.8 Å². The van der Waals surface area contributed by atoms with E-state index in [4.69, 9.17) is 5.73 Å². The number of aromatic carboxylic acids is 1. The van der Waals surface area contributed by atoms with Gasteiger partial charge in [0, 0.05) is 63.0 Å². The number of fused-ring (bicyclic) bond motifs is 6. The van der Waals surface area contributed by atoms with Crippen molar-refractivity contribution in [1.82, 2.24) is 29.9 Å². The largest absolute Gasteiger partial charge is 0.478 e. The van der Waals surface area contributed by atoms with Gasteiger partial charge in [-0.3, -0.25) is 24.4 Å². The lowest BCUT2D eigenvalue weighted by atomic mass is 9.63. The number of nitrogens with two attached hydrogens (primary N) is 1. The highest BCUT2D eigenvalue weighted by molar-refractivity contribution is 6.10. The molecule has 0 unspecified atom stereocenters. The summed E-state index contributed by atoms with van der Waals surface area (Å²) >= 11 is 0. The van der Waals surface area contributed by atoms with Crippen molar-refractivity contribution < 1.29 is 24.3 Å². The summed E-state index contributed by atoms with van der Waals surface area (Å²) in [4.78, 5) is 71.3. The zero-order chi connectivity index (χ0) is 40.1. The predicted octanol–water partition coefficient (Wildman–Crippen LogP) is 7.92. The van der Waals surface area contributed by atoms with Crippen LogP contribution in [0.4, 0.5) is 11.6 Å². The van der Waals surface area contributed by atoms with Crippen LogP contribution in [-0.2, 0) is 10.8 Å². The first-order chi connectivity index (χ1) is 25.7. The summed E-state index contributed by atoms with van der Waals surface area (Å²) in [7, 11) is 0. The number of Topliss-reactive ketones (excluding diaryl/α,β-unsaturated/α-hetero) is 2. The second-order valence-corrected chi connectivity index (χ2v) is 16.8. The van der Waals surface area contributed by atoms with Crippen molar-refractivity contribution in [2.45, 2.75) is 79.1 Å². The number of ketones is 2. The number of hydrogen-bond donors (Lipinski definition) is 5. The summed E-state index contributed by atoms with van der Waals surface area (Å²) in [6.07, 6.45) is 10.7. The van der Waals surface area contributed by atoms with Crippen LogP contribution >= 0.6 is 0 Å². The van der Waals surface area contributed by atoms with Gasteiger partial charge in [0.2, 0.25) is 0 Å². The monoisotopic (exact) mass is 742 g/mol. The van der Waals surface area contributed by atoms with Crippen LogP contribution in [-0.4, -0.2) is 58.5 Å². The number of anilines is 2. The third kappa shape index (κ3) is 7.46. The lowest BCUT2D eigenvalue weighted by Crippen LogP contribution is -2.39. The maximum absolute atomic E-state index is 12.9. The van der Waals surface area contributed by atoms with E-state index in [2.05, 4.69) is 62.9 Å². The fraction of sp³-hybridized carbons (Fsp3) is 0.333. The number of amides is 1. The summed E-state index contributed by atoms with van der Waals surface area (Å²) in [5.41, 5.74) is 9.71. The fourth-order valence-electron chi connectivity index (χ4n) is 8.49. The van der Waals surface area contributed by atoms with Crippen molar-refractivity contribution in [1.29, 1.82) is 0 Å². The molecule has 0 radical (unpaired) electrons. The molecule has 13 nitrogen and oxygen atoms in total. The van der Waals surface area contributed by atoms with Gasteiger partial charge < -0.3 is 26.1 Å². The number of carboxylic acid groups (broad SMARTS) is 1. The van der Waals surface area contributed by atoms with Gasteiger partial charge in [-0.05, 0) is 71.2 Å². The van der Waals surface area contributed by atoms with Crippen molar-refractivity contribution in [3.8, 4) is 0 Å². The fourth-order valence-corrected chi connectivity index (χ4v) is 8.49. The van der Waals surface area contributed by atoms with E-state index in [0.29, 0.717) is 28.6 Å². The number of benzene rings is 2. The quantitative estimate of drug-likeness (QED) is 0.118. The maximum atomic E-state index is 12.9. The number of carboxylic acids is 1. The van der Waals surface area contributed by atoms with Crippen molar-refractivity contribution in [3.05, 3.63) is 107 Å². The van der Waals surface area contributed by atoms with Gasteiger partial charge in [0.15, 0.2) is 17.4 Å². The van der Waals surface area contributed by atoms with Gasteiger partial charge in [-0.2, -0.15) is 0 Å². The number of nitrogens with zero attached hydrogens (tertiary/aromatic N) is 4. The zero-order valence-electron chi connectivity index (χ0n) is 32.3. The van der Waals surface area contributed by atoms with Gasteiger partial charge in [0.05, 0.1) is 29.3 Å². The van der Waals surface area contributed by atoms with E-state index >= 15 is 0 Å². The van der Waals surface area contributed by atoms with E-state index in [1.54, 1.807) is 42.9 Å². The lowest BCUT2D eigenvalue weighted by molar-refractivity contribution is 0.0695. The molecule has 0 fully saturated rings. The molecule has 1 amide bonds. The highest BCUT2D eigenvalue weighted by atomic mass is 16.4. The van der Waals surface area contributed by atoms with Crippen molar-refractivity contribution in [3.63, 3.8) is 0 Å². The van der Waals surface area contributed by atoms with E-state index in [0.717, 1.165) is 45.8 Å². The molecule has 2 aliphatic carbocycles. The van der Waals surface area contributed by atoms with Crippen molar-refractivity contribution in [2.24, 2.45) is 10.8 Å². The zero-order valence-corrected chi connectivity index (χ0v) is 32.3. The highest BCUT2D eigenvalue weighted by Crippen LogP contribution is 2.49. The van der Waals surface area contributed by atoms with Crippen LogP contribution < -0.4 is 11.1 Å². The molecule has 4 heterocycles. The molecule has 6 N–H and O–H groups in total. The van der Waals surface area contributed by atoms with Crippen molar-refractivity contribution >= 4 is 56.9 Å². The first kappa shape index (κ1) is 38.5. The van der Waals surface area contributed by atoms with Gasteiger partial charge in [-0.15, -0.1) is 0 Å². The Hall–Kier alpha value is -6.24. The molecule has 0 saturated heterocycles. The number of carbonyl (C=O) groups excluding carboxylic acids is 3. The molecular weight excluding hydrogens is 697 g/mol.